The topological polar surface area (TPSA) is 24.1 Å². The van der Waals surface area contributed by atoms with Crippen molar-refractivity contribution < 1.29 is 0 Å². The fraction of sp³-hybridized carbons (Fsp3) is 1.00. The molecule has 3 atom stereocenters. The summed E-state index contributed by atoms with van der Waals surface area (Å²) in [4.78, 5) is 0. The number of rotatable bonds is 5. The summed E-state index contributed by atoms with van der Waals surface area (Å²) in [6, 6.07) is 2.15. The van der Waals surface area contributed by atoms with Crippen LogP contribution in [0, 0.1) is 5.92 Å². The smallest absolute Gasteiger partial charge is 0.00817 e. The standard InChI is InChI=1S/C15H30N2/c1-12(17-13(2)14-7-6-8-14)11-15-9-4-3-5-10-16-15/h12-17H,3-11H2,1-2H3. The molecule has 3 unspecified atom stereocenters. The molecule has 0 aromatic heterocycles. The summed E-state index contributed by atoms with van der Waals surface area (Å²) in [7, 11) is 0. The second kappa shape index (κ2) is 6.75. The highest BCUT2D eigenvalue weighted by Crippen LogP contribution is 2.29. The highest BCUT2D eigenvalue weighted by atomic mass is 15.0. The van der Waals surface area contributed by atoms with Gasteiger partial charge in [0, 0.05) is 18.1 Å². The minimum absolute atomic E-state index is 0.668. The van der Waals surface area contributed by atoms with Crippen LogP contribution in [0.4, 0.5) is 0 Å². The molecule has 0 radical (unpaired) electrons. The van der Waals surface area contributed by atoms with Gasteiger partial charge in [0.15, 0.2) is 0 Å². The van der Waals surface area contributed by atoms with E-state index >= 15 is 0 Å². The van der Waals surface area contributed by atoms with Crippen LogP contribution in [0.3, 0.4) is 0 Å². The van der Waals surface area contributed by atoms with E-state index in [9.17, 15) is 0 Å². The summed E-state index contributed by atoms with van der Waals surface area (Å²) in [5.41, 5.74) is 0. The van der Waals surface area contributed by atoms with Crippen molar-refractivity contribution in [3.63, 3.8) is 0 Å². The van der Waals surface area contributed by atoms with Crippen LogP contribution in [0.5, 0.6) is 0 Å². The molecule has 2 fully saturated rings. The van der Waals surface area contributed by atoms with Gasteiger partial charge in [-0.05, 0) is 58.4 Å². The molecule has 0 aromatic rings. The lowest BCUT2D eigenvalue weighted by Crippen LogP contribution is -2.44. The molecule has 17 heavy (non-hydrogen) atoms. The van der Waals surface area contributed by atoms with Gasteiger partial charge < -0.3 is 10.6 Å². The summed E-state index contributed by atoms with van der Waals surface area (Å²) < 4.78 is 0. The maximum atomic E-state index is 3.81. The zero-order valence-electron chi connectivity index (χ0n) is 11.7. The van der Waals surface area contributed by atoms with Crippen LogP contribution in [0.25, 0.3) is 0 Å². The Labute approximate surface area is 107 Å². The van der Waals surface area contributed by atoms with Crippen LogP contribution in [-0.4, -0.2) is 24.7 Å². The third-order valence-corrected chi connectivity index (χ3v) is 4.70. The van der Waals surface area contributed by atoms with Crippen molar-refractivity contribution in [2.45, 2.75) is 83.3 Å². The van der Waals surface area contributed by atoms with Gasteiger partial charge in [-0.3, -0.25) is 0 Å². The van der Waals surface area contributed by atoms with E-state index in [1.54, 1.807) is 0 Å². The lowest BCUT2D eigenvalue weighted by atomic mass is 9.80. The molecule has 1 saturated carbocycles. The third kappa shape index (κ3) is 4.26. The van der Waals surface area contributed by atoms with Crippen molar-refractivity contribution >= 4 is 0 Å². The molecule has 2 N–H and O–H groups in total. The monoisotopic (exact) mass is 238 g/mol. The van der Waals surface area contributed by atoms with E-state index in [1.165, 1.54) is 57.9 Å². The van der Waals surface area contributed by atoms with Gasteiger partial charge >= 0.3 is 0 Å². The van der Waals surface area contributed by atoms with E-state index in [0.717, 1.165) is 18.0 Å². The Morgan fingerprint density at radius 2 is 1.88 bits per heavy atom. The molecular weight excluding hydrogens is 208 g/mol. The maximum Gasteiger partial charge on any atom is 0.00817 e. The van der Waals surface area contributed by atoms with Crippen molar-refractivity contribution in [2.24, 2.45) is 5.92 Å². The van der Waals surface area contributed by atoms with Gasteiger partial charge in [0.05, 0.1) is 0 Å². The first kappa shape index (κ1) is 13.4. The Morgan fingerprint density at radius 1 is 1.06 bits per heavy atom. The van der Waals surface area contributed by atoms with Gasteiger partial charge in [0.2, 0.25) is 0 Å². The van der Waals surface area contributed by atoms with Gasteiger partial charge in [-0.15, -0.1) is 0 Å². The van der Waals surface area contributed by atoms with Crippen LogP contribution in [0.15, 0.2) is 0 Å². The molecule has 1 aliphatic carbocycles. The minimum atomic E-state index is 0.668. The first-order valence-electron chi connectivity index (χ1n) is 7.75. The van der Waals surface area contributed by atoms with Crippen LogP contribution >= 0.6 is 0 Å². The lowest BCUT2D eigenvalue weighted by Gasteiger charge is -2.34. The molecule has 100 valence electrons. The molecule has 2 rings (SSSR count). The lowest BCUT2D eigenvalue weighted by molar-refractivity contribution is 0.222. The molecule has 1 aliphatic heterocycles. The fourth-order valence-corrected chi connectivity index (χ4v) is 3.32. The van der Waals surface area contributed by atoms with Crippen molar-refractivity contribution in [3.8, 4) is 0 Å². The van der Waals surface area contributed by atoms with E-state index in [-0.39, 0.29) is 0 Å². The van der Waals surface area contributed by atoms with Gasteiger partial charge in [-0.2, -0.15) is 0 Å². The van der Waals surface area contributed by atoms with E-state index in [4.69, 9.17) is 0 Å². The highest BCUT2D eigenvalue weighted by Gasteiger charge is 2.25. The predicted molar refractivity (Wildman–Crippen MR) is 74.3 cm³/mol. The summed E-state index contributed by atoms with van der Waals surface area (Å²) in [5, 5.41) is 7.51. The first-order chi connectivity index (χ1) is 8.25. The Hall–Kier alpha value is -0.0800. The zero-order valence-corrected chi connectivity index (χ0v) is 11.7. The zero-order chi connectivity index (χ0) is 12.1. The van der Waals surface area contributed by atoms with E-state index < -0.39 is 0 Å². The van der Waals surface area contributed by atoms with Crippen molar-refractivity contribution in [2.75, 3.05) is 6.54 Å². The van der Waals surface area contributed by atoms with Gasteiger partial charge in [0.25, 0.3) is 0 Å². The predicted octanol–water partition coefficient (Wildman–Crippen LogP) is 3.08. The van der Waals surface area contributed by atoms with Crippen molar-refractivity contribution in [1.82, 2.24) is 10.6 Å². The number of hydrogen-bond donors (Lipinski definition) is 2. The van der Waals surface area contributed by atoms with Crippen LogP contribution in [0.2, 0.25) is 0 Å². The highest BCUT2D eigenvalue weighted by molar-refractivity contribution is 4.83. The summed E-state index contributed by atoms with van der Waals surface area (Å²) in [6.45, 7) is 5.97. The van der Waals surface area contributed by atoms with Gasteiger partial charge in [-0.25, -0.2) is 0 Å². The van der Waals surface area contributed by atoms with Crippen molar-refractivity contribution in [3.05, 3.63) is 0 Å². The molecule has 0 aromatic carbocycles. The number of hydrogen-bond acceptors (Lipinski definition) is 2. The van der Waals surface area contributed by atoms with E-state index in [0.29, 0.717) is 6.04 Å². The second-order valence-corrected chi connectivity index (χ2v) is 6.28. The minimum Gasteiger partial charge on any atom is -0.314 e. The first-order valence-corrected chi connectivity index (χ1v) is 7.75. The molecule has 0 amide bonds. The van der Waals surface area contributed by atoms with Crippen LogP contribution < -0.4 is 10.6 Å². The molecule has 1 heterocycles. The fourth-order valence-electron chi connectivity index (χ4n) is 3.32. The normalized spacial score (nSPS) is 30.4. The van der Waals surface area contributed by atoms with Crippen LogP contribution in [0.1, 0.15) is 65.2 Å². The Balaban J connectivity index is 1.66. The SMILES string of the molecule is CC(CC1CCCCCN1)NC(C)C1CCC1. The third-order valence-electron chi connectivity index (χ3n) is 4.70. The van der Waals surface area contributed by atoms with Crippen molar-refractivity contribution in [1.29, 1.82) is 0 Å². The van der Waals surface area contributed by atoms with E-state index in [2.05, 4.69) is 24.5 Å². The summed E-state index contributed by atoms with van der Waals surface area (Å²) >= 11 is 0. The maximum absolute atomic E-state index is 3.81. The Morgan fingerprint density at radius 3 is 2.59 bits per heavy atom. The molecule has 0 bridgehead atoms. The molecule has 0 spiro atoms. The summed E-state index contributed by atoms with van der Waals surface area (Å²) in [6.07, 6.45) is 11.2. The molecule has 2 nitrogen and oxygen atoms in total. The van der Waals surface area contributed by atoms with Gasteiger partial charge in [-0.1, -0.05) is 19.3 Å². The molecule has 2 heteroatoms. The molecular formula is C15H30N2. The Bertz CT molecular complexity index is 205. The van der Waals surface area contributed by atoms with Crippen LogP contribution in [-0.2, 0) is 0 Å². The summed E-state index contributed by atoms with van der Waals surface area (Å²) in [5.74, 6) is 0.958. The largest absolute Gasteiger partial charge is 0.314 e. The quantitative estimate of drug-likeness (QED) is 0.769. The molecule has 2 aliphatic rings. The second-order valence-electron chi connectivity index (χ2n) is 6.28. The average molecular weight is 238 g/mol. The van der Waals surface area contributed by atoms with Gasteiger partial charge in [0.1, 0.15) is 0 Å². The average Bonchev–Trinajstić information content (AvgIpc) is 2.42. The Kier molecular flexibility index (Phi) is 5.30. The number of nitrogens with one attached hydrogen (secondary N) is 2. The molecule has 1 saturated heterocycles. The van der Waals surface area contributed by atoms with E-state index in [1.807, 2.05) is 0 Å².